The number of H-pyrrole nitrogens is 1. The summed E-state index contributed by atoms with van der Waals surface area (Å²) < 4.78 is 3.27. The number of aromatic amines is 1. The van der Waals surface area contributed by atoms with Crippen LogP contribution in [0.2, 0.25) is 0 Å². The topological polar surface area (TPSA) is 119 Å². The molecule has 0 unspecified atom stereocenters. The SMILES string of the molecule is N#CCCCSNc1ccc(-c2nc(NC(=O)C3CC3)nc3nc[nH]c23)cc1. The van der Waals surface area contributed by atoms with Gasteiger partial charge >= 0.3 is 0 Å². The smallest absolute Gasteiger partial charge is 0.232 e. The van der Waals surface area contributed by atoms with Gasteiger partial charge in [0.2, 0.25) is 11.9 Å². The minimum Gasteiger partial charge on any atom is -0.341 e. The second-order valence-corrected chi connectivity index (χ2v) is 7.45. The molecule has 1 saturated carbocycles. The Labute approximate surface area is 166 Å². The number of amides is 1. The van der Waals surface area contributed by atoms with Crippen LogP contribution in [0.4, 0.5) is 11.6 Å². The Kier molecular flexibility index (Phi) is 5.39. The van der Waals surface area contributed by atoms with Gasteiger partial charge in [0, 0.05) is 29.3 Å². The summed E-state index contributed by atoms with van der Waals surface area (Å²) in [5, 5.41) is 11.4. The minimum atomic E-state index is -0.0335. The molecule has 8 nitrogen and oxygen atoms in total. The first-order valence-electron chi connectivity index (χ1n) is 9.12. The van der Waals surface area contributed by atoms with E-state index in [1.54, 1.807) is 18.3 Å². The lowest BCUT2D eigenvalue weighted by atomic mass is 10.1. The molecule has 0 bridgehead atoms. The summed E-state index contributed by atoms with van der Waals surface area (Å²) in [6.45, 7) is 0. The number of nitriles is 1. The summed E-state index contributed by atoms with van der Waals surface area (Å²) >= 11 is 1.58. The molecule has 0 aliphatic heterocycles. The average molecular weight is 393 g/mol. The van der Waals surface area contributed by atoms with E-state index in [-0.39, 0.29) is 17.8 Å². The molecule has 1 aromatic carbocycles. The highest BCUT2D eigenvalue weighted by Gasteiger charge is 2.30. The summed E-state index contributed by atoms with van der Waals surface area (Å²) in [5.41, 5.74) is 3.82. The molecule has 9 heteroatoms. The van der Waals surface area contributed by atoms with E-state index in [4.69, 9.17) is 5.26 Å². The molecule has 1 aliphatic carbocycles. The normalized spacial score (nSPS) is 13.2. The van der Waals surface area contributed by atoms with E-state index in [2.05, 4.69) is 36.0 Å². The van der Waals surface area contributed by atoms with E-state index in [9.17, 15) is 4.79 Å². The molecule has 2 heterocycles. The molecule has 0 saturated heterocycles. The fourth-order valence-electron chi connectivity index (χ4n) is 2.71. The van der Waals surface area contributed by atoms with Crippen molar-refractivity contribution >= 4 is 40.7 Å². The summed E-state index contributed by atoms with van der Waals surface area (Å²) in [5.74, 6) is 1.20. The number of imidazole rings is 1. The minimum absolute atomic E-state index is 0.0335. The largest absolute Gasteiger partial charge is 0.341 e. The van der Waals surface area contributed by atoms with Crippen LogP contribution in [0.1, 0.15) is 25.7 Å². The molecule has 0 atom stereocenters. The van der Waals surface area contributed by atoms with Gasteiger partial charge in [0.1, 0.15) is 11.2 Å². The van der Waals surface area contributed by atoms with E-state index in [1.165, 1.54) is 0 Å². The van der Waals surface area contributed by atoms with E-state index >= 15 is 0 Å². The predicted molar refractivity (Wildman–Crippen MR) is 109 cm³/mol. The van der Waals surface area contributed by atoms with Gasteiger partial charge in [-0.3, -0.25) is 10.1 Å². The highest BCUT2D eigenvalue weighted by molar-refractivity contribution is 8.00. The quantitative estimate of drug-likeness (QED) is 0.394. The van der Waals surface area contributed by atoms with Crippen molar-refractivity contribution in [1.29, 1.82) is 5.26 Å². The van der Waals surface area contributed by atoms with E-state index in [0.717, 1.165) is 41.8 Å². The molecule has 4 rings (SSSR count). The molecule has 1 fully saturated rings. The van der Waals surface area contributed by atoms with Gasteiger partial charge in [0.15, 0.2) is 5.65 Å². The van der Waals surface area contributed by atoms with Gasteiger partial charge in [-0.05, 0) is 31.4 Å². The van der Waals surface area contributed by atoms with Crippen LogP contribution in [-0.2, 0) is 4.79 Å². The van der Waals surface area contributed by atoms with Crippen LogP contribution >= 0.6 is 11.9 Å². The van der Waals surface area contributed by atoms with Crippen molar-refractivity contribution in [2.75, 3.05) is 15.8 Å². The Morgan fingerprint density at radius 3 is 2.86 bits per heavy atom. The first-order valence-corrected chi connectivity index (χ1v) is 10.1. The van der Waals surface area contributed by atoms with Crippen LogP contribution in [-0.4, -0.2) is 31.6 Å². The second kappa shape index (κ2) is 8.27. The Balaban J connectivity index is 1.51. The third-order valence-electron chi connectivity index (χ3n) is 4.35. The molecule has 0 spiro atoms. The zero-order valence-corrected chi connectivity index (χ0v) is 15.9. The average Bonchev–Trinajstić information content (AvgIpc) is 3.46. The van der Waals surface area contributed by atoms with Crippen molar-refractivity contribution in [3.63, 3.8) is 0 Å². The summed E-state index contributed by atoms with van der Waals surface area (Å²) in [6, 6.07) is 10.0. The summed E-state index contributed by atoms with van der Waals surface area (Å²) in [7, 11) is 0. The van der Waals surface area contributed by atoms with Crippen LogP contribution in [0.25, 0.3) is 22.4 Å². The number of carbonyl (C=O) groups excluding carboxylic acids is 1. The molecule has 28 heavy (non-hydrogen) atoms. The highest BCUT2D eigenvalue weighted by atomic mass is 32.2. The molecular weight excluding hydrogens is 374 g/mol. The number of rotatable bonds is 8. The lowest BCUT2D eigenvalue weighted by Gasteiger charge is -2.08. The van der Waals surface area contributed by atoms with Gasteiger partial charge in [0.25, 0.3) is 0 Å². The first-order chi connectivity index (χ1) is 13.7. The van der Waals surface area contributed by atoms with Crippen molar-refractivity contribution in [3.05, 3.63) is 30.6 Å². The van der Waals surface area contributed by atoms with Crippen molar-refractivity contribution in [1.82, 2.24) is 19.9 Å². The van der Waals surface area contributed by atoms with Gasteiger partial charge in [0.05, 0.1) is 12.4 Å². The molecule has 1 aliphatic rings. The maximum atomic E-state index is 12.1. The van der Waals surface area contributed by atoms with E-state index in [0.29, 0.717) is 17.8 Å². The molecule has 3 N–H and O–H groups in total. The van der Waals surface area contributed by atoms with Crippen molar-refractivity contribution < 1.29 is 4.79 Å². The van der Waals surface area contributed by atoms with Crippen LogP contribution in [0, 0.1) is 17.2 Å². The molecular formula is C19H19N7OS. The Morgan fingerprint density at radius 1 is 1.29 bits per heavy atom. The fourth-order valence-corrected chi connectivity index (χ4v) is 3.40. The van der Waals surface area contributed by atoms with Gasteiger partial charge < -0.3 is 9.71 Å². The number of nitrogens with one attached hydrogen (secondary N) is 3. The van der Waals surface area contributed by atoms with Gasteiger partial charge in [-0.25, -0.2) is 9.97 Å². The van der Waals surface area contributed by atoms with Crippen molar-refractivity contribution in [2.45, 2.75) is 25.7 Å². The molecule has 2 aromatic heterocycles. The predicted octanol–water partition coefficient (Wildman–Crippen LogP) is 3.73. The Hall–Kier alpha value is -3.12. The molecule has 142 valence electrons. The number of hydrogen-bond acceptors (Lipinski definition) is 7. The summed E-state index contributed by atoms with van der Waals surface area (Å²) in [6.07, 6.45) is 4.85. The van der Waals surface area contributed by atoms with Gasteiger partial charge in [-0.1, -0.05) is 24.1 Å². The zero-order valence-electron chi connectivity index (χ0n) is 15.1. The maximum absolute atomic E-state index is 12.1. The van der Waals surface area contributed by atoms with Crippen molar-refractivity contribution in [2.24, 2.45) is 5.92 Å². The van der Waals surface area contributed by atoms with Crippen LogP contribution in [0.5, 0.6) is 0 Å². The Morgan fingerprint density at radius 2 is 2.11 bits per heavy atom. The van der Waals surface area contributed by atoms with E-state index < -0.39 is 0 Å². The molecule has 0 radical (unpaired) electrons. The highest BCUT2D eigenvalue weighted by Crippen LogP contribution is 2.31. The van der Waals surface area contributed by atoms with Crippen molar-refractivity contribution in [3.8, 4) is 17.3 Å². The number of aromatic nitrogens is 4. The van der Waals surface area contributed by atoms with Crippen LogP contribution in [0.3, 0.4) is 0 Å². The molecule has 1 amide bonds. The third-order valence-corrected chi connectivity index (χ3v) is 5.22. The van der Waals surface area contributed by atoms with Crippen LogP contribution < -0.4 is 10.0 Å². The number of fused-ring (bicyclic) bond motifs is 1. The lowest BCUT2D eigenvalue weighted by molar-refractivity contribution is -0.117. The number of anilines is 2. The monoisotopic (exact) mass is 393 g/mol. The van der Waals surface area contributed by atoms with Crippen LogP contribution in [0.15, 0.2) is 30.6 Å². The van der Waals surface area contributed by atoms with Gasteiger partial charge in [-0.2, -0.15) is 10.2 Å². The number of unbranched alkanes of at least 4 members (excludes halogenated alkanes) is 1. The number of carbonyl (C=O) groups is 1. The fraction of sp³-hybridized carbons (Fsp3) is 0.316. The Bertz CT molecular complexity index is 1020. The van der Waals surface area contributed by atoms with Gasteiger partial charge in [-0.15, -0.1) is 0 Å². The number of nitrogens with zero attached hydrogens (tertiary/aromatic N) is 4. The van der Waals surface area contributed by atoms with E-state index in [1.807, 2.05) is 24.3 Å². The maximum Gasteiger partial charge on any atom is 0.232 e. The standard InChI is InChI=1S/C19H19N7OS/c20-9-1-2-10-28-26-14-7-5-12(6-8-14)15-16-17(22-11-21-16)24-19(23-15)25-18(27)13-3-4-13/h5-8,11,13,26H,1-4,10H2,(H2,21,22,23,24,25,27). The second-order valence-electron chi connectivity index (χ2n) is 6.55. The molecule has 3 aromatic rings. The first kappa shape index (κ1) is 18.3. The third kappa shape index (κ3) is 4.23. The number of hydrogen-bond donors (Lipinski definition) is 3. The zero-order chi connectivity index (χ0) is 19.3. The number of benzene rings is 1. The lowest BCUT2D eigenvalue weighted by Crippen LogP contribution is -2.15. The summed E-state index contributed by atoms with van der Waals surface area (Å²) in [4.78, 5) is 28.2.